The Labute approximate surface area is 154 Å². The lowest BCUT2D eigenvalue weighted by Crippen LogP contribution is -2.35. The van der Waals surface area contributed by atoms with E-state index < -0.39 is 0 Å². The molecule has 0 spiro atoms. The van der Waals surface area contributed by atoms with Crippen LogP contribution in [0.4, 0.5) is 5.69 Å². The minimum Gasteiger partial charge on any atom is -0.486 e. The number of piperidine rings is 1. The zero-order valence-electron chi connectivity index (χ0n) is 15.1. The van der Waals surface area contributed by atoms with Crippen molar-refractivity contribution in [1.29, 1.82) is 0 Å². The average Bonchev–Trinajstić information content (AvgIpc) is 2.85. The molecule has 2 saturated heterocycles. The average molecular weight is 351 g/mol. The van der Waals surface area contributed by atoms with Crippen LogP contribution in [0, 0.1) is 5.92 Å². The van der Waals surface area contributed by atoms with Gasteiger partial charge in [-0.15, -0.1) is 0 Å². The number of ether oxygens (including phenoxy) is 2. The first-order valence-electron chi connectivity index (χ1n) is 9.67. The van der Waals surface area contributed by atoms with Crippen molar-refractivity contribution in [3.8, 4) is 22.6 Å². The lowest BCUT2D eigenvalue weighted by molar-refractivity contribution is 0.171. The quantitative estimate of drug-likeness (QED) is 0.831. The lowest BCUT2D eigenvalue weighted by atomic mass is 9.98. The molecule has 1 aromatic carbocycles. The minimum atomic E-state index is 0.612. The molecule has 0 radical (unpaired) electrons. The van der Waals surface area contributed by atoms with Crippen molar-refractivity contribution >= 4 is 5.69 Å². The van der Waals surface area contributed by atoms with Gasteiger partial charge >= 0.3 is 0 Å². The van der Waals surface area contributed by atoms with Crippen molar-refractivity contribution in [2.75, 3.05) is 50.8 Å². The highest BCUT2D eigenvalue weighted by molar-refractivity contribution is 5.70. The molecule has 0 aliphatic carbocycles. The summed E-state index contributed by atoms with van der Waals surface area (Å²) in [6.07, 6.45) is 6.64. The largest absolute Gasteiger partial charge is 0.486 e. The Balaban J connectivity index is 1.42. The summed E-state index contributed by atoms with van der Waals surface area (Å²) in [6.45, 7) is 7.14. The molecule has 5 rings (SSSR count). The summed E-state index contributed by atoms with van der Waals surface area (Å²) in [5.74, 6) is 2.44. The second-order valence-electron chi connectivity index (χ2n) is 7.55. The predicted octanol–water partition coefficient (Wildman–Crippen LogP) is 3.05. The predicted molar refractivity (Wildman–Crippen MR) is 102 cm³/mol. The SMILES string of the molecule is c1cc2c(cc1-c1cncc(N3CCN4CCCC(C4)C3)c1)OCCO2. The van der Waals surface area contributed by atoms with E-state index >= 15 is 0 Å². The molecule has 5 heteroatoms. The van der Waals surface area contributed by atoms with E-state index in [-0.39, 0.29) is 0 Å². The third-order valence-electron chi connectivity index (χ3n) is 5.73. The minimum absolute atomic E-state index is 0.612. The number of rotatable bonds is 2. The van der Waals surface area contributed by atoms with Crippen molar-refractivity contribution in [2.45, 2.75) is 12.8 Å². The van der Waals surface area contributed by atoms with Crippen LogP contribution in [-0.4, -0.2) is 55.8 Å². The van der Waals surface area contributed by atoms with Crippen molar-refractivity contribution < 1.29 is 9.47 Å². The molecule has 2 bridgehead atoms. The molecule has 0 N–H and O–H groups in total. The number of hydrogen-bond acceptors (Lipinski definition) is 5. The van der Waals surface area contributed by atoms with Crippen LogP contribution in [-0.2, 0) is 0 Å². The van der Waals surface area contributed by atoms with Crippen molar-refractivity contribution in [3.05, 3.63) is 36.7 Å². The fourth-order valence-corrected chi connectivity index (χ4v) is 4.38. The van der Waals surface area contributed by atoms with Gasteiger partial charge in [0.2, 0.25) is 0 Å². The van der Waals surface area contributed by atoms with Crippen LogP contribution in [0.3, 0.4) is 0 Å². The van der Waals surface area contributed by atoms with Gasteiger partial charge in [0.05, 0.1) is 11.9 Å². The molecule has 2 fully saturated rings. The second kappa shape index (κ2) is 6.80. The molecule has 2 aromatic rings. The fourth-order valence-electron chi connectivity index (χ4n) is 4.38. The number of hydrogen-bond donors (Lipinski definition) is 0. The van der Waals surface area contributed by atoms with Crippen LogP contribution in [0.5, 0.6) is 11.5 Å². The summed E-state index contributed by atoms with van der Waals surface area (Å²) in [4.78, 5) is 9.67. The topological polar surface area (TPSA) is 37.8 Å². The molecule has 3 aliphatic rings. The highest BCUT2D eigenvalue weighted by atomic mass is 16.6. The number of fused-ring (bicyclic) bond motifs is 3. The Morgan fingerprint density at radius 1 is 0.885 bits per heavy atom. The lowest BCUT2D eigenvalue weighted by Gasteiger charge is -2.29. The van der Waals surface area contributed by atoms with Gasteiger partial charge in [0, 0.05) is 37.9 Å². The van der Waals surface area contributed by atoms with Crippen LogP contribution in [0.1, 0.15) is 12.8 Å². The first-order chi connectivity index (χ1) is 12.8. The maximum absolute atomic E-state index is 5.73. The maximum Gasteiger partial charge on any atom is 0.161 e. The van der Waals surface area contributed by atoms with E-state index in [2.05, 4.69) is 33.0 Å². The Morgan fingerprint density at radius 2 is 1.81 bits per heavy atom. The summed E-state index contributed by atoms with van der Waals surface area (Å²) in [5.41, 5.74) is 3.49. The van der Waals surface area contributed by atoms with Gasteiger partial charge in [-0.25, -0.2) is 0 Å². The van der Waals surface area contributed by atoms with Gasteiger partial charge < -0.3 is 19.3 Å². The zero-order chi connectivity index (χ0) is 17.3. The molecular formula is C21H25N3O2. The molecule has 3 aliphatic heterocycles. The first-order valence-corrected chi connectivity index (χ1v) is 9.67. The molecule has 5 nitrogen and oxygen atoms in total. The molecule has 0 amide bonds. The number of nitrogens with zero attached hydrogens (tertiary/aromatic N) is 3. The highest BCUT2D eigenvalue weighted by Gasteiger charge is 2.26. The van der Waals surface area contributed by atoms with Crippen LogP contribution < -0.4 is 14.4 Å². The molecular weight excluding hydrogens is 326 g/mol. The first kappa shape index (κ1) is 15.9. The van der Waals surface area contributed by atoms with E-state index in [0.717, 1.165) is 48.2 Å². The smallest absolute Gasteiger partial charge is 0.161 e. The summed E-state index contributed by atoms with van der Waals surface area (Å²) in [7, 11) is 0. The highest BCUT2D eigenvalue weighted by Crippen LogP contribution is 2.35. The van der Waals surface area contributed by atoms with E-state index in [1.165, 1.54) is 31.6 Å². The standard InChI is InChI=1S/C21H25N3O2/c1-2-16-14-23(5-1)6-7-24(15-16)19-10-18(12-22-13-19)17-3-4-20-21(11-17)26-9-8-25-20/h3-4,10-13,16H,1-2,5-9,14-15H2. The van der Waals surface area contributed by atoms with Gasteiger partial charge in [-0.05, 0) is 49.1 Å². The molecule has 4 heterocycles. The molecule has 1 aromatic heterocycles. The summed E-state index contributed by atoms with van der Waals surface area (Å²) in [6, 6.07) is 8.42. The van der Waals surface area contributed by atoms with Gasteiger partial charge in [-0.3, -0.25) is 4.98 Å². The third-order valence-corrected chi connectivity index (χ3v) is 5.73. The molecule has 2 atom stereocenters. The van der Waals surface area contributed by atoms with Gasteiger partial charge in [0.1, 0.15) is 13.2 Å². The van der Waals surface area contributed by atoms with E-state index in [1.807, 2.05) is 18.5 Å². The van der Waals surface area contributed by atoms with E-state index in [1.54, 1.807) is 0 Å². The Kier molecular flexibility index (Phi) is 4.17. The van der Waals surface area contributed by atoms with Crippen molar-refractivity contribution in [3.63, 3.8) is 0 Å². The Morgan fingerprint density at radius 3 is 2.77 bits per heavy atom. The van der Waals surface area contributed by atoms with Crippen LogP contribution in [0.2, 0.25) is 0 Å². The number of aromatic nitrogens is 1. The third kappa shape index (κ3) is 3.12. The van der Waals surface area contributed by atoms with Gasteiger partial charge in [0.15, 0.2) is 11.5 Å². The van der Waals surface area contributed by atoms with Crippen molar-refractivity contribution in [2.24, 2.45) is 5.92 Å². The maximum atomic E-state index is 5.73. The van der Waals surface area contributed by atoms with E-state index in [9.17, 15) is 0 Å². The van der Waals surface area contributed by atoms with Gasteiger partial charge in [0.25, 0.3) is 0 Å². The zero-order valence-corrected chi connectivity index (χ0v) is 15.1. The molecule has 2 unspecified atom stereocenters. The Hall–Kier alpha value is -2.27. The number of pyridine rings is 1. The van der Waals surface area contributed by atoms with Crippen LogP contribution >= 0.6 is 0 Å². The fraction of sp³-hybridized carbons (Fsp3) is 0.476. The molecule has 136 valence electrons. The monoisotopic (exact) mass is 351 g/mol. The second-order valence-corrected chi connectivity index (χ2v) is 7.55. The van der Waals surface area contributed by atoms with E-state index in [4.69, 9.17) is 9.47 Å². The van der Waals surface area contributed by atoms with Crippen LogP contribution in [0.25, 0.3) is 11.1 Å². The van der Waals surface area contributed by atoms with Gasteiger partial charge in [-0.1, -0.05) is 6.07 Å². The summed E-state index contributed by atoms with van der Waals surface area (Å²) >= 11 is 0. The molecule has 0 saturated carbocycles. The Bertz CT molecular complexity index is 795. The normalized spacial score (nSPS) is 24.8. The van der Waals surface area contributed by atoms with Gasteiger partial charge in [-0.2, -0.15) is 0 Å². The van der Waals surface area contributed by atoms with E-state index in [0.29, 0.717) is 13.2 Å². The van der Waals surface area contributed by atoms with Crippen molar-refractivity contribution in [1.82, 2.24) is 9.88 Å². The summed E-state index contributed by atoms with van der Waals surface area (Å²) in [5, 5.41) is 0. The number of benzene rings is 1. The van der Waals surface area contributed by atoms with Crippen LogP contribution in [0.15, 0.2) is 36.7 Å². The molecule has 26 heavy (non-hydrogen) atoms. The number of anilines is 1. The summed E-state index contributed by atoms with van der Waals surface area (Å²) < 4.78 is 11.4.